The van der Waals surface area contributed by atoms with Gasteiger partial charge in [-0.3, -0.25) is 0 Å². The monoisotopic (exact) mass is 394 g/mol. The van der Waals surface area contributed by atoms with Gasteiger partial charge in [-0.25, -0.2) is 4.79 Å². The first-order valence-electron chi connectivity index (χ1n) is 9.44. The van der Waals surface area contributed by atoms with Crippen LogP contribution in [0.4, 0.5) is 4.79 Å². The van der Waals surface area contributed by atoms with Crippen molar-refractivity contribution in [2.24, 2.45) is 11.3 Å². The van der Waals surface area contributed by atoms with Gasteiger partial charge in [-0.05, 0) is 49.0 Å². The quantitative estimate of drug-likeness (QED) is 0.621. The fourth-order valence-electron chi connectivity index (χ4n) is 4.24. The van der Waals surface area contributed by atoms with E-state index in [4.69, 9.17) is 0 Å². The lowest BCUT2D eigenvalue weighted by Gasteiger charge is -2.29. The second kappa shape index (κ2) is 7.23. The highest BCUT2D eigenvalue weighted by Crippen LogP contribution is 2.35. The number of nitrogens with zero attached hydrogens (tertiary/aromatic N) is 1. The van der Waals surface area contributed by atoms with Gasteiger partial charge in [0.1, 0.15) is 0 Å². The minimum Gasteiger partial charge on any atom is -0.331 e. The van der Waals surface area contributed by atoms with E-state index in [9.17, 15) is 4.79 Å². The fourth-order valence-corrected chi connectivity index (χ4v) is 4.78. The minimum atomic E-state index is 0.134. The van der Waals surface area contributed by atoms with E-state index in [0.29, 0.717) is 10.7 Å². The smallest absolute Gasteiger partial charge is 0.317 e. The molecule has 3 rings (SSSR count). The van der Waals surface area contributed by atoms with Gasteiger partial charge in [0.2, 0.25) is 0 Å². The number of urea groups is 1. The van der Waals surface area contributed by atoms with Crippen LogP contribution in [0.1, 0.15) is 59.3 Å². The number of likely N-dealkylation sites (tertiary alicyclic amines) is 1. The normalized spacial score (nSPS) is 31.0. The number of amides is 2. The van der Waals surface area contributed by atoms with E-state index in [-0.39, 0.29) is 17.5 Å². The molecule has 3 unspecified atom stereocenters. The third-order valence-corrected chi connectivity index (χ3v) is 6.56. The van der Waals surface area contributed by atoms with Crippen LogP contribution in [0, 0.1) is 11.3 Å². The molecule has 2 amide bonds. The van der Waals surface area contributed by atoms with Gasteiger partial charge in [-0.15, -0.1) is 0 Å². The van der Waals surface area contributed by atoms with Crippen LogP contribution in [0.15, 0.2) is 23.3 Å². The van der Waals surface area contributed by atoms with Crippen LogP contribution in [0.2, 0.25) is 0 Å². The number of hydrogen-bond donors (Lipinski definition) is 1. The Balaban J connectivity index is 1.65. The lowest BCUT2D eigenvalue weighted by molar-refractivity contribution is 0.194. The van der Waals surface area contributed by atoms with Crippen LogP contribution in [0.3, 0.4) is 0 Å². The SMILES string of the molecule is CC(C)(C)C1CCN(C(=O)NC2CCCCC3=C2C=CC(Br)C3)C1. The Labute approximate surface area is 155 Å². The average Bonchev–Trinajstić information content (AvgIpc) is 2.93. The second-order valence-electron chi connectivity index (χ2n) is 8.68. The van der Waals surface area contributed by atoms with E-state index >= 15 is 0 Å². The Kier molecular flexibility index (Phi) is 5.43. The molecule has 2 aliphatic carbocycles. The molecule has 0 aromatic rings. The van der Waals surface area contributed by atoms with Crippen molar-refractivity contribution in [1.29, 1.82) is 0 Å². The van der Waals surface area contributed by atoms with Gasteiger partial charge in [0.15, 0.2) is 0 Å². The molecule has 0 aromatic carbocycles. The van der Waals surface area contributed by atoms with E-state index in [2.05, 4.69) is 54.2 Å². The standard InChI is InChI=1S/C20H31BrN2O/c1-20(2,3)15-10-11-23(13-15)19(24)22-18-7-5-4-6-14-12-16(21)8-9-17(14)18/h8-9,15-16,18H,4-7,10-13H2,1-3H3,(H,22,24). The van der Waals surface area contributed by atoms with Crippen molar-refractivity contribution in [2.75, 3.05) is 13.1 Å². The Morgan fingerprint density at radius 3 is 2.79 bits per heavy atom. The summed E-state index contributed by atoms with van der Waals surface area (Å²) in [5.74, 6) is 0.607. The molecule has 0 aromatic heterocycles. The van der Waals surface area contributed by atoms with Gasteiger partial charge in [-0.1, -0.05) is 60.8 Å². The summed E-state index contributed by atoms with van der Waals surface area (Å²) in [5, 5.41) is 3.35. The van der Waals surface area contributed by atoms with Crippen molar-refractivity contribution in [3.8, 4) is 0 Å². The van der Waals surface area contributed by atoms with Gasteiger partial charge in [0, 0.05) is 17.9 Å². The predicted octanol–water partition coefficient (Wildman–Crippen LogP) is 5.03. The van der Waals surface area contributed by atoms with Crippen molar-refractivity contribution in [3.63, 3.8) is 0 Å². The molecule has 4 heteroatoms. The summed E-state index contributed by atoms with van der Waals surface area (Å²) in [7, 11) is 0. The molecule has 1 fully saturated rings. The first-order chi connectivity index (χ1) is 11.3. The molecule has 0 saturated carbocycles. The molecule has 3 atom stereocenters. The molecule has 1 aliphatic heterocycles. The van der Waals surface area contributed by atoms with E-state index in [0.717, 1.165) is 32.4 Å². The van der Waals surface area contributed by atoms with Crippen molar-refractivity contribution in [2.45, 2.75) is 70.2 Å². The van der Waals surface area contributed by atoms with Crippen molar-refractivity contribution < 1.29 is 4.79 Å². The maximum atomic E-state index is 12.8. The molecule has 0 bridgehead atoms. The summed E-state index contributed by atoms with van der Waals surface area (Å²) in [6, 6.07) is 0.329. The molecule has 1 N–H and O–H groups in total. The highest BCUT2D eigenvalue weighted by molar-refractivity contribution is 9.09. The lowest BCUT2D eigenvalue weighted by atomic mass is 9.80. The van der Waals surface area contributed by atoms with Crippen LogP contribution in [-0.2, 0) is 0 Å². The number of alkyl halides is 1. The Bertz CT molecular complexity index is 546. The maximum Gasteiger partial charge on any atom is 0.317 e. The summed E-state index contributed by atoms with van der Waals surface area (Å²) >= 11 is 3.71. The van der Waals surface area contributed by atoms with Crippen LogP contribution < -0.4 is 5.32 Å². The first kappa shape index (κ1) is 18.0. The van der Waals surface area contributed by atoms with Gasteiger partial charge < -0.3 is 10.2 Å². The summed E-state index contributed by atoms with van der Waals surface area (Å²) in [5.41, 5.74) is 3.20. The van der Waals surface area contributed by atoms with E-state index in [1.165, 1.54) is 30.4 Å². The first-order valence-corrected chi connectivity index (χ1v) is 10.4. The average molecular weight is 395 g/mol. The summed E-state index contributed by atoms with van der Waals surface area (Å²) in [6.45, 7) is 8.64. The Morgan fingerprint density at radius 1 is 1.29 bits per heavy atom. The zero-order valence-electron chi connectivity index (χ0n) is 15.3. The van der Waals surface area contributed by atoms with E-state index < -0.39 is 0 Å². The molecular weight excluding hydrogens is 364 g/mol. The summed E-state index contributed by atoms with van der Waals surface area (Å²) < 4.78 is 0. The van der Waals surface area contributed by atoms with Crippen LogP contribution in [-0.4, -0.2) is 34.9 Å². The number of nitrogens with one attached hydrogen (secondary N) is 1. The molecule has 1 saturated heterocycles. The highest BCUT2D eigenvalue weighted by atomic mass is 79.9. The molecule has 0 radical (unpaired) electrons. The molecular formula is C20H31BrN2O. The number of rotatable bonds is 1. The highest BCUT2D eigenvalue weighted by Gasteiger charge is 2.35. The lowest BCUT2D eigenvalue weighted by Crippen LogP contribution is -2.45. The second-order valence-corrected chi connectivity index (χ2v) is 9.86. The van der Waals surface area contributed by atoms with Crippen LogP contribution >= 0.6 is 15.9 Å². The van der Waals surface area contributed by atoms with Crippen molar-refractivity contribution >= 4 is 22.0 Å². The topological polar surface area (TPSA) is 32.3 Å². The van der Waals surface area contributed by atoms with Gasteiger partial charge in [0.05, 0.1) is 6.04 Å². The van der Waals surface area contributed by atoms with Gasteiger partial charge >= 0.3 is 6.03 Å². The van der Waals surface area contributed by atoms with E-state index in [1.807, 2.05) is 4.90 Å². The predicted molar refractivity (Wildman–Crippen MR) is 103 cm³/mol. The van der Waals surface area contributed by atoms with Gasteiger partial charge in [-0.2, -0.15) is 0 Å². The minimum absolute atomic E-state index is 0.134. The molecule has 3 nitrogen and oxygen atoms in total. The molecule has 134 valence electrons. The molecule has 3 aliphatic rings. The molecule has 1 heterocycles. The molecule has 24 heavy (non-hydrogen) atoms. The van der Waals surface area contributed by atoms with Crippen molar-refractivity contribution in [3.05, 3.63) is 23.3 Å². The largest absolute Gasteiger partial charge is 0.331 e. The zero-order chi connectivity index (χ0) is 17.3. The number of carbonyl (C=O) groups is 1. The third-order valence-electron chi connectivity index (χ3n) is 5.93. The van der Waals surface area contributed by atoms with Crippen LogP contribution in [0.5, 0.6) is 0 Å². The van der Waals surface area contributed by atoms with E-state index in [1.54, 1.807) is 0 Å². The maximum absolute atomic E-state index is 12.8. The third kappa shape index (κ3) is 4.07. The summed E-state index contributed by atoms with van der Waals surface area (Å²) in [6.07, 6.45) is 11.4. The van der Waals surface area contributed by atoms with Crippen LogP contribution in [0.25, 0.3) is 0 Å². The Hall–Kier alpha value is -0.770. The fraction of sp³-hybridized carbons (Fsp3) is 0.750. The van der Waals surface area contributed by atoms with Crippen molar-refractivity contribution in [1.82, 2.24) is 10.2 Å². The number of halogens is 1. The Morgan fingerprint density at radius 2 is 2.08 bits per heavy atom. The zero-order valence-corrected chi connectivity index (χ0v) is 16.9. The summed E-state index contributed by atoms with van der Waals surface area (Å²) in [4.78, 5) is 15.3. The number of hydrogen-bond acceptors (Lipinski definition) is 1. The number of carbonyl (C=O) groups excluding carboxylic acids is 1. The van der Waals surface area contributed by atoms with Gasteiger partial charge in [0.25, 0.3) is 0 Å². The number of allylic oxidation sites excluding steroid dienone is 2. The molecule has 0 spiro atoms.